The molecule has 0 saturated carbocycles. The van der Waals surface area contributed by atoms with E-state index in [1.54, 1.807) is 0 Å². The molecule has 1 fully saturated rings. The van der Waals surface area contributed by atoms with Crippen LogP contribution in [0.15, 0.2) is 48.5 Å². The molecule has 2 aromatic carbocycles. The standard InChI is InChI=1S/C21H23NO3/c23-21(22-13-3-6-16-5-1-2-8-20(16)22)17-9-11-18(12-10-17)25-15-19-7-4-14-24-19/h1-2,5,8-12,19H,3-4,6-7,13-15H2/t19-/m1/s1. The third-order valence-electron chi connectivity index (χ3n) is 4.92. The zero-order valence-corrected chi connectivity index (χ0v) is 14.3. The van der Waals surface area contributed by atoms with Crippen LogP contribution in [-0.4, -0.2) is 31.8 Å². The zero-order chi connectivity index (χ0) is 17.1. The molecule has 0 unspecified atom stereocenters. The lowest BCUT2D eigenvalue weighted by atomic mass is 10.0. The van der Waals surface area contributed by atoms with Gasteiger partial charge in [0, 0.05) is 24.4 Å². The molecule has 130 valence electrons. The molecule has 25 heavy (non-hydrogen) atoms. The topological polar surface area (TPSA) is 38.8 Å². The average molecular weight is 337 g/mol. The summed E-state index contributed by atoms with van der Waals surface area (Å²) in [5.74, 6) is 0.837. The maximum absolute atomic E-state index is 12.9. The quantitative estimate of drug-likeness (QED) is 0.851. The molecule has 0 N–H and O–H groups in total. The number of rotatable bonds is 4. The normalized spacial score (nSPS) is 19.5. The van der Waals surface area contributed by atoms with E-state index in [1.165, 1.54) is 5.56 Å². The van der Waals surface area contributed by atoms with E-state index >= 15 is 0 Å². The molecular weight excluding hydrogens is 314 g/mol. The van der Waals surface area contributed by atoms with Gasteiger partial charge in [0.25, 0.3) is 5.91 Å². The Hall–Kier alpha value is -2.33. The van der Waals surface area contributed by atoms with Gasteiger partial charge < -0.3 is 14.4 Å². The van der Waals surface area contributed by atoms with Crippen LogP contribution >= 0.6 is 0 Å². The van der Waals surface area contributed by atoms with Gasteiger partial charge in [-0.1, -0.05) is 18.2 Å². The van der Waals surface area contributed by atoms with Gasteiger partial charge in [-0.05, 0) is 61.6 Å². The summed E-state index contributed by atoms with van der Waals surface area (Å²) in [7, 11) is 0. The van der Waals surface area contributed by atoms with Crippen LogP contribution in [0.2, 0.25) is 0 Å². The van der Waals surface area contributed by atoms with Crippen molar-refractivity contribution in [2.24, 2.45) is 0 Å². The van der Waals surface area contributed by atoms with Gasteiger partial charge in [-0.2, -0.15) is 0 Å². The summed E-state index contributed by atoms with van der Waals surface area (Å²) < 4.78 is 11.3. The van der Waals surface area contributed by atoms with E-state index in [2.05, 4.69) is 6.07 Å². The highest BCUT2D eigenvalue weighted by atomic mass is 16.5. The predicted molar refractivity (Wildman–Crippen MR) is 97.4 cm³/mol. The zero-order valence-electron chi connectivity index (χ0n) is 14.3. The number of fused-ring (bicyclic) bond motifs is 1. The van der Waals surface area contributed by atoms with Crippen LogP contribution in [0.25, 0.3) is 0 Å². The number of amides is 1. The molecule has 0 radical (unpaired) electrons. The molecule has 2 heterocycles. The van der Waals surface area contributed by atoms with Gasteiger partial charge in [0.15, 0.2) is 0 Å². The highest BCUT2D eigenvalue weighted by Crippen LogP contribution is 2.28. The molecule has 1 amide bonds. The molecule has 0 spiro atoms. The van der Waals surface area contributed by atoms with E-state index in [0.29, 0.717) is 12.2 Å². The van der Waals surface area contributed by atoms with Crippen molar-refractivity contribution in [3.8, 4) is 5.75 Å². The molecule has 2 aliphatic rings. The fourth-order valence-corrected chi connectivity index (χ4v) is 3.56. The largest absolute Gasteiger partial charge is 0.491 e. The highest BCUT2D eigenvalue weighted by molar-refractivity contribution is 6.06. The fraction of sp³-hybridized carbons (Fsp3) is 0.381. The second-order valence-corrected chi connectivity index (χ2v) is 6.66. The Kier molecular flexibility index (Phi) is 4.70. The number of benzene rings is 2. The number of nitrogens with zero attached hydrogens (tertiary/aromatic N) is 1. The van der Waals surface area contributed by atoms with Crippen molar-refractivity contribution in [1.82, 2.24) is 0 Å². The average Bonchev–Trinajstić information content (AvgIpc) is 3.19. The Morgan fingerprint density at radius 1 is 1.12 bits per heavy atom. The van der Waals surface area contributed by atoms with E-state index in [0.717, 1.165) is 50.3 Å². The van der Waals surface area contributed by atoms with Crippen LogP contribution in [0.3, 0.4) is 0 Å². The van der Waals surface area contributed by atoms with Crippen molar-refractivity contribution < 1.29 is 14.3 Å². The third kappa shape index (κ3) is 3.54. The fourth-order valence-electron chi connectivity index (χ4n) is 3.56. The van der Waals surface area contributed by atoms with Crippen LogP contribution in [0.5, 0.6) is 5.75 Å². The van der Waals surface area contributed by atoms with Crippen LogP contribution < -0.4 is 9.64 Å². The Morgan fingerprint density at radius 2 is 1.96 bits per heavy atom. The number of anilines is 1. The molecular formula is C21H23NO3. The third-order valence-corrected chi connectivity index (χ3v) is 4.92. The lowest BCUT2D eigenvalue weighted by Gasteiger charge is -2.29. The van der Waals surface area contributed by atoms with Crippen LogP contribution in [0.1, 0.15) is 35.2 Å². The molecule has 1 atom stereocenters. The van der Waals surface area contributed by atoms with E-state index in [4.69, 9.17) is 9.47 Å². The first-order valence-corrected chi connectivity index (χ1v) is 9.05. The monoisotopic (exact) mass is 337 g/mol. The number of para-hydroxylation sites is 1. The minimum absolute atomic E-state index is 0.0535. The summed E-state index contributed by atoms with van der Waals surface area (Å²) in [6.45, 7) is 2.18. The van der Waals surface area contributed by atoms with Crippen molar-refractivity contribution in [3.05, 3.63) is 59.7 Å². The number of aryl methyl sites for hydroxylation is 1. The Morgan fingerprint density at radius 3 is 2.76 bits per heavy atom. The second-order valence-electron chi connectivity index (χ2n) is 6.66. The first-order valence-electron chi connectivity index (χ1n) is 9.05. The summed E-state index contributed by atoms with van der Waals surface area (Å²) in [4.78, 5) is 14.8. The van der Waals surface area contributed by atoms with Crippen molar-refractivity contribution >= 4 is 11.6 Å². The number of hydrogen-bond donors (Lipinski definition) is 0. The van der Waals surface area contributed by atoms with Crippen LogP contribution in [-0.2, 0) is 11.2 Å². The van der Waals surface area contributed by atoms with Gasteiger partial charge in [0.05, 0.1) is 6.10 Å². The summed E-state index contributed by atoms with van der Waals surface area (Å²) in [6, 6.07) is 15.6. The van der Waals surface area contributed by atoms with E-state index < -0.39 is 0 Å². The SMILES string of the molecule is O=C(c1ccc(OC[C@H]2CCCO2)cc1)N1CCCc2ccccc21. The van der Waals surface area contributed by atoms with Gasteiger partial charge in [0.1, 0.15) is 12.4 Å². The number of ether oxygens (including phenoxy) is 2. The van der Waals surface area contributed by atoms with Crippen LogP contribution in [0.4, 0.5) is 5.69 Å². The lowest BCUT2D eigenvalue weighted by Crippen LogP contribution is -2.35. The number of hydrogen-bond acceptors (Lipinski definition) is 3. The first kappa shape index (κ1) is 16.2. The van der Waals surface area contributed by atoms with E-state index in [-0.39, 0.29) is 12.0 Å². The first-order chi connectivity index (χ1) is 12.3. The van der Waals surface area contributed by atoms with Crippen LogP contribution in [0, 0.1) is 0 Å². The minimum atomic E-state index is 0.0535. The molecule has 0 bridgehead atoms. The van der Waals surface area contributed by atoms with E-state index in [9.17, 15) is 4.79 Å². The summed E-state index contributed by atoms with van der Waals surface area (Å²) in [6.07, 6.45) is 4.41. The maximum Gasteiger partial charge on any atom is 0.258 e. The van der Waals surface area contributed by atoms with Gasteiger partial charge in [-0.25, -0.2) is 0 Å². The Bertz CT molecular complexity index is 735. The molecule has 2 aliphatic heterocycles. The summed E-state index contributed by atoms with van der Waals surface area (Å²) in [5, 5.41) is 0. The molecule has 1 saturated heterocycles. The van der Waals surface area contributed by atoms with Crippen molar-refractivity contribution in [1.29, 1.82) is 0 Å². The molecule has 2 aromatic rings. The Labute approximate surface area is 148 Å². The highest BCUT2D eigenvalue weighted by Gasteiger charge is 2.23. The number of carbonyl (C=O) groups excluding carboxylic acids is 1. The molecule has 0 aromatic heterocycles. The Balaban J connectivity index is 1.44. The smallest absolute Gasteiger partial charge is 0.258 e. The lowest BCUT2D eigenvalue weighted by molar-refractivity contribution is 0.0679. The van der Waals surface area contributed by atoms with Crippen molar-refractivity contribution in [2.75, 3.05) is 24.7 Å². The van der Waals surface area contributed by atoms with Crippen molar-refractivity contribution in [2.45, 2.75) is 31.8 Å². The molecule has 4 heteroatoms. The predicted octanol–water partition coefficient (Wildman–Crippen LogP) is 3.84. The van der Waals surface area contributed by atoms with Gasteiger partial charge in [-0.15, -0.1) is 0 Å². The molecule has 4 rings (SSSR count). The second kappa shape index (κ2) is 7.28. The summed E-state index contributed by atoms with van der Waals surface area (Å²) >= 11 is 0. The maximum atomic E-state index is 12.9. The number of carbonyl (C=O) groups is 1. The minimum Gasteiger partial charge on any atom is -0.491 e. The van der Waals surface area contributed by atoms with Crippen molar-refractivity contribution in [3.63, 3.8) is 0 Å². The van der Waals surface area contributed by atoms with Gasteiger partial charge in [-0.3, -0.25) is 4.79 Å². The summed E-state index contributed by atoms with van der Waals surface area (Å²) in [5.41, 5.74) is 2.98. The molecule has 0 aliphatic carbocycles. The van der Waals surface area contributed by atoms with E-state index in [1.807, 2.05) is 47.4 Å². The van der Waals surface area contributed by atoms with Gasteiger partial charge in [0.2, 0.25) is 0 Å². The molecule has 4 nitrogen and oxygen atoms in total. The van der Waals surface area contributed by atoms with Gasteiger partial charge >= 0.3 is 0 Å².